The minimum absolute atomic E-state index is 0.278. The molecule has 25 heavy (non-hydrogen) atoms. The number of ether oxygens (including phenoxy) is 1. The number of nitrogens with one attached hydrogen (secondary N) is 2. The topological polar surface area (TPSA) is 84.5 Å². The van der Waals surface area contributed by atoms with Crippen LogP contribution in [0.4, 0.5) is 11.4 Å². The number of carbonyl (C=O) groups excluding carboxylic acids is 3. The summed E-state index contributed by atoms with van der Waals surface area (Å²) in [7, 11) is 0. The van der Waals surface area contributed by atoms with Gasteiger partial charge < -0.3 is 15.4 Å². The molecule has 0 saturated carbocycles. The number of hydrogen-bond donors (Lipinski definition) is 2. The molecule has 2 rings (SSSR count). The van der Waals surface area contributed by atoms with Crippen molar-refractivity contribution in [3.05, 3.63) is 58.6 Å². The Bertz CT molecular complexity index is 803. The van der Waals surface area contributed by atoms with Gasteiger partial charge in [-0.15, -0.1) is 0 Å². The molecule has 0 aliphatic heterocycles. The van der Waals surface area contributed by atoms with Crippen molar-refractivity contribution in [2.24, 2.45) is 0 Å². The van der Waals surface area contributed by atoms with Crippen LogP contribution in [0.1, 0.15) is 22.8 Å². The van der Waals surface area contributed by atoms with E-state index in [1.807, 2.05) is 6.92 Å². The maximum atomic E-state index is 11.9. The average Bonchev–Trinajstić information content (AvgIpc) is 2.59. The van der Waals surface area contributed by atoms with Gasteiger partial charge in [0.15, 0.2) is 0 Å². The quantitative estimate of drug-likeness (QED) is 0.646. The molecule has 2 aromatic carbocycles. The van der Waals surface area contributed by atoms with E-state index < -0.39 is 17.8 Å². The zero-order valence-corrected chi connectivity index (χ0v) is 14.5. The number of aryl methyl sites for hydroxylation is 1. The van der Waals surface area contributed by atoms with E-state index in [1.54, 1.807) is 25.1 Å². The van der Waals surface area contributed by atoms with Crippen molar-refractivity contribution < 1.29 is 19.1 Å². The predicted octanol–water partition coefficient (Wildman–Crippen LogP) is 3.40. The van der Waals surface area contributed by atoms with Crippen LogP contribution in [0.25, 0.3) is 0 Å². The molecule has 0 heterocycles. The third-order valence-electron chi connectivity index (χ3n) is 3.29. The van der Waals surface area contributed by atoms with E-state index in [2.05, 4.69) is 10.6 Å². The highest BCUT2D eigenvalue weighted by Gasteiger charge is 2.15. The molecular weight excluding hydrogens is 344 g/mol. The first-order valence-corrected chi connectivity index (χ1v) is 7.94. The Kier molecular flexibility index (Phi) is 6.14. The van der Waals surface area contributed by atoms with Crippen molar-refractivity contribution in [2.75, 3.05) is 17.2 Å². The molecule has 0 aromatic heterocycles. The number of amides is 2. The number of rotatable bonds is 4. The Hall–Kier alpha value is -2.86. The Balaban J connectivity index is 1.97. The van der Waals surface area contributed by atoms with Gasteiger partial charge in [-0.3, -0.25) is 9.59 Å². The van der Waals surface area contributed by atoms with Gasteiger partial charge in [-0.2, -0.15) is 0 Å². The van der Waals surface area contributed by atoms with Crippen molar-refractivity contribution in [3.8, 4) is 0 Å². The highest BCUT2D eigenvalue weighted by atomic mass is 35.5. The average molecular weight is 361 g/mol. The lowest BCUT2D eigenvalue weighted by Gasteiger charge is -2.08. The van der Waals surface area contributed by atoms with Crippen LogP contribution in [-0.2, 0) is 14.3 Å². The summed E-state index contributed by atoms with van der Waals surface area (Å²) in [6.45, 7) is 3.83. The lowest BCUT2D eigenvalue weighted by Crippen LogP contribution is -2.29. The monoisotopic (exact) mass is 360 g/mol. The van der Waals surface area contributed by atoms with Crippen molar-refractivity contribution in [1.82, 2.24) is 0 Å². The molecule has 2 aromatic rings. The Labute approximate surface area is 150 Å². The molecule has 130 valence electrons. The third-order valence-corrected chi connectivity index (χ3v) is 3.70. The van der Waals surface area contributed by atoms with Gasteiger partial charge in [-0.05, 0) is 55.8 Å². The van der Waals surface area contributed by atoms with Gasteiger partial charge in [0.1, 0.15) is 0 Å². The summed E-state index contributed by atoms with van der Waals surface area (Å²) in [4.78, 5) is 35.4. The second-order valence-electron chi connectivity index (χ2n) is 5.17. The van der Waals surface area contributed by atoms with Gasteiger partial charge in [0.25, 0.3) is 0 Å². The first-order valence-electron chi connectivity index (χ1n) is 7.56. The molecule has 0 unspecified atom stereocenters. The SMILES string of the molecule is CCOC(=O)c1ccc(NC(=O)C(=O)Nc2ccc(C)c(Cl)c2)cc1. The van der Waals surface area contributed by atoms with Crippen LogP contribution in [0.3, 0.4) is 0 Å². The van der Waals surface area contributed by atoms with Crippen LogP contribution in [0.5, 0.6) is 0 Å². The standard InChI is InChI=1S/C18H17ClN2O4/c1-3-25-18(24)12-5-8-13(9-6-12)20-16(22)17(23)21-14-7-4-11(2)15(19)10-14/h4-10H,3H2,1-2H3,(H,20,22)(H,21,23). The number of halogens is 1. The van der Waals surface area contributed by atoms with Crippen molar-refractivity contribution in [3.63, 3.8) is 0 Å². The first-order chi connectivity index (χ1) is 11.9. The minimum atomic E-state index is -0.833. The van der Waals surface area contributed by atoms with Gasteiger partial charge in [0.2, 0.25) is 0 Å². The highest BCUT2D eigenvalue weighted by molar-refractivity contribution is 6.43. The van der Waals surface area contributed by atoms with Crippen LogP contribution < -0.4 is 10.6 Å². The van der Waals surface area contributed by atoms with Gasteiger partial charge in [-0.25, -0.2) is 4.79 Å². The maximum Gasteiger partial charge on any atom is 0.338 e. The van der Waals surface area contributed by atoms with Crippen molar-refractivity contribution in [2.45, 2.75) is 13.8 Å². The summed E-state index contributed by atoms with van der Waals surface area (Å²) in [6, 6.07) is 11.0. The molecule has 2 N–H and O–H groups in total. The van der Waals surface area contributed by atoms with Crippen LogP contribution in [0.15, 0.2) is 42.5 Å². The molecule has 0 spiro atoms. The molecule has 2 amide bonds. The van der Waals surface area contributed by atoms with Gasteiger partial charge in [0, 0.05) is 16.4 Å². The predicted molar refractivity (Wildman–Crippen MR) is 95.8 cm³/mol. The number of benzene rings is 2. The summed E-state index contributed by atoms with van der Waals surface area (Å²) in [6.07, 6.45) is 0. The second kappa shape index (κ2) is 8.30. The fourth-order valence-electron chi connectivity index (χ4n) is 1.95. The fraction of sp³-hybridized carbons (Fsp3) is 0.167. The van der Waals surface area contributed by atoms with E-state index in [-0.39, 0.29) is 6.61 Å². The summed E-state index contributed by atoms with van der Waals surface area (Å²) < 4.78 is 4.87. The molecule has 0 atom stereocenters. The van der Waals surface area contributed by atoms with Crippen molar-refractivity contribution >= 4 is 40.8 Å². The summed E-state index contributed by atoms with van der Waals surface area (Å²) in [5.41, 5.74) is 2.04. The zero-order valence-electron chi connectivity index (χ0n) is 13.8. The summed E-state index contributed by atoms with van der Waals surface area (Å²) in [5, 5.41) is 5.41. The van der Waals surface area contributed by atoms with E-state index in [1.165, 1.54) is 24.3 Å². The molecule has 7 heteroatoms. The highest BCUT2D eigenvalue weighted by Crippen LogP contribution is 2.20. The fourth-order valence-corrected chi connectivity index (χ4v) is 2.13. The molecular formula is C18H17ClN2O4. The minimum Gasteiger partial charge on any atom is -0.462 e. The Morgan fingerprint density at radius 1 is 0.960 bits per heavy atom. The van der Waals surface area contributed by atoms with Gasteiger partial charge in [0.05, 0.1) is 12.2 Å². The largest absolute Gasteiger partial charge is 0.462 e. The van der Waals surface area contributed by atoms with E-state index >= 15 is 0 Å². The zero-order chi connectivity index (χ0) is 18.4. The number of hydrogen-bond acceptors (Lipinski definition) is 4. The lowest BCUT2D eigenvalue weighted by molar-refractivity contribution is -0.132. The first kappa shape index (κ1) is 18.5. The Morgan fingerprint density at radius 2 is 1.52 bits per heavy atom. The lowest BCUT2D eigenvalue weighted by atomic mass is 10.2. The number of esters is 1. The van der Waals surface area contributed by atoms with Crippen LogP contribution in [0.2, 0.25) is 5.02 Å². The van der Waals surface area contributed by atoms with Crippen molar-refractivity contribution in [1.29, 1.82) is 0 Å². The maximum absolute atomic E-state index is 11.9. The van der Waals surface area contributed by atoms with E-state index in [0.29, 0.717) is 22.0 Å². The molecule has 0 aliphatic carbocycles. The molecule has 0 saturated heterocycles. The molecule has 0 fully saturated rings. The van der Waals surface area contributed by atoms with Crippen LogP contribution in [-0.4, -0.2) is 24.4 Å². The number of anilines is 2. The van der Waals surface area contributed by atoms with Crippen LogP contribution in [0, 0.1) is 6.92 Å². The van der Waals surface area contributed by atoms with E-state index in [9.17, 15) is 14.4 Å². The molecule has 0 aliphatic rings. The van der Waals surface area contributed by atoms with Gasteiger partial charge in [-0.1, -0.05) is 17.7 Å². The summed E-state index contributed by atoms with van der Waals surface area (Å²) >= 11 is 5.98. The normalized spacial score (nSPS) is 10.0. The third kappa shape index (κ3) is 5.06. The molecule has 0 radical (unpaired) electrons. The number of carbonyl (C=O) groups is 3. The van der Waals surface area contributed by atoms with Gasteiger partial charge >= 0.3 is 17.8 Å². The van der Waals surface area contributed by atoms with Crippen LogP contribution >= 0.6 is 11.6 Å². The second-order valence-corrected chi connectivity index (χ2v) is 5.58. The smallest absolute Gasteiger partial charge is 0.338 e. The Morgan fingerprint density at radius 3 is 2.08 bits per heavy atom. The van der Waals surface area contributed by atoms with E-state index in [4.69, 9.17) is 16.3 Å². The summed E-state index contributed by atoms with van der Waals surface area (Å²) in [5.74, 6) is -2.11. The molecule has 0 bridgehead atoms. The molecule has 6 nitrogen and oxygen atoms in total. The van der Waals surface area contributed by atoms with E-state index in [0.717, 1.165) is 5.56 Å².